The number of carbonyl (C=O) groups excluding carboxylic acids is 2. The molecule has 1 aromatic carbocycles. The van der Waals surface area contributed by atoms with Crippen molar-refractivity contribution in [2.24, 2.45) is 0 Å². The van der Waals surface area contributed by atoms with E-state index in [1.54, 1.807) is 12.1 Å². The summed E-state index contributed by atoms with van der Waals surface area (Å²) < 4.78 is 10.6. The fourth-order valence-corrected chi connectivity index (χ4v) is 3.09. The molecular weight excluding hydrogens is 316 g/mol. The molecule has 0 fully saturated rings. The molecule has 0 spiro atoms. The topological polar surface area (TPSA) is 76.7 Å². The standard InChI is InChI=1S/C16H16N2O4S/c1-9(11-3-4-12-13(7-11)22-8-21-12)17-16(20)14-5-6-15(23-14)18-10(2)19/h3-7,9H,8H2,1-2H3,(H,17,20)(H,18,19)/t9-/m1/s1. The highest BCUT2D eigenvalue weighted by molar-refractivity contribution is 7.18. The Morgan fingerprint density at radius 3 is 2.74 bits per heavy atom. The second kappa shape index (κ2) is 6.29. The Kier molecular flexibility index (Phi) is 4.20. The lowest BCUT2D eigenvalue weighted by Gasteiger charge is -2.14. The number of thiophene rings is 1. The van der Waals surface area contributed by atoms with E-state index in [1.165, 1.54) is 18.3 Å². The van der Waals surface area contributed by atoms with Crippen LogP contribution in [0.3, 0.4) is 0 Å². The van der Waals surface area contributed by atoms with E-state index in [0.717, 1.165) is 5.56 Å². The minimum Gasteiger partial charge on any atom is -0.454 e. The summed E-state index contributed by atoms with van der Waals surface area (Å²) in [6.07, 6.45) is 0. The van der Waals surface area contributed by atoms with Gasteiger partial charge in [-0.1, -0.05) is 6.07 Å². The van der Waals surface area contributed by atoms with Crippen LogP contribution in [0.15, 0.2) is 30.3 Å². The maximum atomic E-state index is 12.3. The minimum atomic E-state index is -0.184. The SMILES string of the molecule is CC(=O)Nc1ccc(C(=O)N[C@H](C)c2ccc3c(c2)OCO3)s1. The molecule has 2 N–H and O–H groups in total. The van der Waals surface area contributed by atoms with Gasteiger partial charge in [-0.25, -0.2) is 0 Å². The van der Waals surface area contributed by atoms with Gasteiger partial charge in [-0.3, -0.25) is 9.59 Å². The maximum Gasteiger partial charge on any atom is 0.261 e. The Balaban J connectivity index is 1.67. The van der Waals surface area contributed by atoms with E-state index in [4.69, 9.17) is 9.47 Å². The van der Waals surface area contributed by atoms with Crippen molar-refractivity contribution in [3.8, 4) is 11.5 Å². The van der Waals surface area contributed by atoms with Gasteiger partial charge in [-0.15, -0.1) is 11.3 Å². The van der Waals surface area contributed by atoms with E-state index < -0.39 is 0 Å². The molecule has 0 radical (unpaired) electrons. The summed E-state index contributed by atoms with van der Waals surface area (Å²) in [5.41, 5.74) is 0.932. The lowest BCUT2D eigenvalue weighted by atomic mass is 10.1. The number of rotatable bonds is 4. The van der Waals surface area contributed by atoms with Crippen molar-refractivity contribution in [3.05, 3.63) is 40.8 Å². The highest BCUT2D eigenvalue weighted by Crippen LogP contribution is 2.34. The van der Waals surface area contributed by atoms with E-state index in [-0.39, 0.29) is 24.6 Å². The second-order valence-corrected chi connectivity index (χ2v) is 6.24. The van der Waals surface area contributed by atoms with Crippen molar-refractivity contribution in [3.63, 3.8) is 0 Å². The molecule has 2 aromatic rings. The Labute approximate surface area is 137 Å². The molecule has 1 aliphatic heterocycles. The van der Waals surface area contributed by atoms with E-state index in [2.05, 4.69) is 10.6 Å². The van der Waals surface area contributed by atoms with Crippen LogP contribution in [-0.4, -0.2) is 18.6 Å². The lowest BCUT2D eigenvalue weighted by Crippen LogP contribution is -2.25. The zero-order chi connectivity index (χ0) is 16.4. The number of carbonyl (C=O) groups is 2. The number of nitrogens with one attached hydrogen (secondary N) is 2. The summed E-state index contributed by atoms with van der Waals surface area (Å²) in [6, 6.07) is 8.83. The van der Waals surface area contributed by atoms with Gasteiger partial charge in [0.25, 0.3) is 5.91 Å². The van der Waals surface area contributed by atoms with Crippen LogP contribution in [0, 0.1) is 0 Å². The van der Waals surface area contributed by atoms with Gasteiger partial charge in [0.1, 0.15) is 0 Å². The fourth-order valence-electron chi connectivity index (χ4n) is 2.23. The van der Waals surface area contributed by atoms with Gasteiger partial charge in [-0.2, -0.15) is 0 Å². The van der Waals surface area contributed by atoms with E-state index >= 15 is 0 Å². The second-order valence-electron chi connectivity index (χ2n) is 5.15. The summed E-state index contributed by atoms with van der Waals surface area (Å²) in [7, 11) is 0. The molecule has 0 saturated heterocycles. The number of hydrogen-bond donors (Lipinski definition) is 2. The number of fused-ring (bicyclic) bond motifs is 1. The van der Waals surface area contributed by atoms with E-state index in [0.29, 0.717) is 21.4 Å². The van der Waals surface area contributed by atoms with Crippen molar-refractivity contribution >= 4 is 28.2 Å². The van der Waals surface area contributed by atoms with Crippen LogP contribution in [0.1, 0.15) is 35.1 Å². The number of amides is 2. The van der Waals surface area contributed by atoms with Crippen LogP contribution in [-0.2, 0) is 4.79 Å². The van der Waals surface area contributed by atoms with Gasteiger partial charge in [0, 0.05) is 6.92 Å². The predicted molar refractivity (Wildman–Crippen MR) is 87.1 cm³/mol. The summed E-state index contributed by atoms with van der Waals surface area (Å²) >= 11 is 1.24. The zero-order valence-electron chi connectivity index (χ0n) is 12.7. The summed E-state index contributed by atoms with van der Waals surface area (Å²) in [5.74, 6) is 1.06. The van der Waals surface area contributed by atoms with Crippen LogP contribution >= 0.6 is 11.3 Å². The van der Waals surface area contributed by atoms with Crippen molar-refractivity contribution in [2.75, 3.05) is 12.1 Å². The normalized spacial score (nSPS) is 13.5. The van der Waals surface area contributed by atoms with Gasteiger partial charge >= 0.3 is 0 Å². The van der Waals surface area contributed by atoms with Crippen molar-refractivity contribution < 1.29 is 19.1 Å². The Morgan fingerprint density at radius 2 is 1.96 bits per heavy atom. The molecule has 0 aliphatic carbocycles. The summed E-state index contributed by atoms with van der Waals surface area (Å²) in [5, 5.41) is 6.25. The molecule has 1 aliphatic rings. The van der Waals surface area contributed by atoms with Gasteiger partial charge in [0.15, 0.2) is 11.5 Å². The monoisotopic (exact) mass is 332 g/mol. The highest BCUT2D eigenvalue weighted by Gasteiger charge is 2.18. The molecule has 0 unspecified atom stereocenters. The molecular formula is C16H16N2O4S. The number of anilines is 1. The van der Waals surface area contributed by atoms with Crippen molar-refractivity contribution in [2.45, 2.75) is 19.9 Å². The third-order valence-corrected chi connectivity index (χ3v) is 4.37. The number of ether oxygens (including phenoxy) is 2. The fraction of sp³-hybridized carbons (Fsp3) is 0.250. The molecule has 6 nitrogen and oxygen atoms in total. The number of hydrogen-bond acceptors (Lipinski definition) is 5. The molecule has 120 valence electrons. The lowest BCUT2D eigenvalue weighted by molar-refractivity contribution is -0.114. The number of benzene rings is 1. The highest BCUT2D eigenvalue weighted by atomic mass is 32.1. The molecule has 23 heavy (non-hydrogen) atoms. The smallest absolute Gasteiger partial charge is 0.261 e. The molecule has 7 heteroatoms. The minimum absolute atomic E-state index is 0.160. The van der Waals surface area contributed by atoms with Gasteiger partial charge in [0.05, 0.1) is 15.9 Å². The van der Waals surface area contributed by atoms with Crippen LogP contribution in [0.2, 0.25) is 0 Å². The van der Waals surface area contributed by atoms with E-state index in [9.17, 15) is 9.59 Å². The molecule has 3 rings (SSSR count). The first-order chi connectivity index (χ1) is 11.0. The maximum absolute atomic E-state index is 12.3. The molecule has 0 bridgehead atoms. The summed E-state index contributed by atoms with van der Waals surface area (Å²) in [4.78, 5) is 23.9. The largest absolute Gasteiger partial charge is 0.454 e. The Hall–Kier alpha value is -2.54. The van der Waals surface area contributed by atoms with Crippen molar-refractivity contribution in [1.29, 1.82) is 0 Å². The van der Waals surface area contributed by atoms with E-state index in [1.807, 2.05) is 25.1 Å². The first-order valence-electron chi connectivity index (χ1n) is 7.11. The average molecular weight is 332 g/mol. The molecule has 1 atom stereocenters. The van der Waals surface area contributed by atoms with Crippen LogP contribution in [0.4, 0.5) is 5.00 Å². The van der Waals surface area contributed by atoms with Crippen LogP contribution < -0.4 is 20.1 Å². The van der Waals surface area contributed by atoms with Crippen molar-refractivity contribution in [1.82, 2.24) is 5.32 Å². The molecule has 2 heterocycles. The zero-order valence-corrected chi connectivity index (χ0v) is 13.5. The van der Waals surface area contributed by atoms with Gasteiger partial charge in [0.2, 0.25) is 12.7 Å². The van der Waals surface area contributed by atoms with Crippen LogP contribution in [0.25, 0.3) is 0 Å². The Bertz CT molecular complexity index is 756. The summed E-state index contributed by atoms with van der Waals surface area (Å²) in [6.45, 7) is 3.56. The van der Waals surface area contributed by atoms with Gasteiger partial charge in [-0.05, 0) is 36.8 Å². The first-order valence-corrected chi connectivity index (χ1v) is 7.92. The third kappa shape index (κ3) is 3.45. The average Bonchev–Trinajstić information content (AvgIpc) is 3.14. The quantitative estimate of drug-likeness (QED) is 0.902. The first kappa shape index (κ1) is 15.4. The Morgan fingerprint density at radius 1 is 1.17 bits per heavy atom. The molecule has 0 saturated carbocycles. The van der Waals surface area contributed by atoms with Gasteiger partial charge < -0.3 is 20.1 Å². The molecule has 2 amide bonds. The van der Waals surface area contributed by atoms with Crippen LogP contribution in [0.5, 0.6) is 11.5 Å². The third-order valence-electron chi connectivity index (χ3n) is 3.37. The molecule has 1 aromatic heterocycles. The predicted octanol–water partition coefficient (Wildman–Crippen LogP) is 2.93.